The number of nitriles is 1. The van der Waals surface area contributed by atoms with Crippen LogP contribution in [-0.2, 0) is 4.84 Å². The van der Waals surface area contributed by atoms with Crippen LogP contribution in [-0.4, -0.2) is 46.6 Å². The molecule has 0 amide bonds. The predicted molar refractivity (Wildman–Crippen MR) is 106 cm³/mol. The Balaban J connectivity index is 1.65. The summed E-state index contributed by atoms with van der Waals surface area (Å²) >= 11 is 0. The Bertz CT molecular complexity index is 969. The van der Waals surface area contributed by atoms with Gasteiger partial charge < -0.3 is 19.0 Å². The van der Waals surface area contributed by atoms with Gasteiger partial charge in [-0.05, 0) is 49.1 Å². The van der Waals surface area contributed by atoms with Crippen LogP contribution < -0.4 is 4.74 Å². The molecule has 4 rings (SSSR count). The lowest BCUT2D eigenvalue weighted by Crippen LogP contribution is -2.49. The molecule has 1 atom stereocenters. The fourth-order valence-electron chi connectivity index (χ4n) is 3.75. The van der Waals surface area contributed by atoms with Gasteiger partial charge in [0.2, 0.25) is 0 Å². The highest BCUT2D eigenvalue weighted by Gasteiger charge is 2.31. The summed E-state index contributed by atoms with van der Waals surface area (Å²) < 4.78 is 7.57. The summed E-state index contributed by atoms with van der Waals surface area (Å²) in [5.41, 5.74) is 4.07. The lowest BCUT2D eigenvalue weighted by molar-refractivity contribution is 0.0596. The van der Waals surface area contributed by atoms with Crippen molar-refractivity contribution in [1.29, 1.82) is 5.26 Å². The molecule has 7 heteroatoms. The van der Waals surface area contributed by atoms with E-state index < -0.39 is 0 Å². The number of aromatic nitrogens is 2. The number of nitrogens with zero attached hydrogens (tertiary/aromatic N) is 5. The summed E-state index contributed by atoms with van der Waals surface area (Å²) in [6.45, 7) is 3.34. The average molecular weight is 377 g/mol. The summed E-state index contributed by atoms with van der Waals surface area (Å²) in [6, 6.07) is 8.44. The first-order chi connectivity index (χ1) is 13.7. The number of imidazole rings is 1. The number of benzene rings is 1. The van der Waals surface area contributed by atoms with Crippen molar-refractivity contribution in [2.75, 3.05) is 20.3 Å². The van der Waals surface area contributed by atoms with Gasteiger partial charge in [-0.3, -0.25) is 0 Å². The standard InChI is InChI=1S/C21H23N5O2/c1-15-12-25(14-23-15)19-6-5-16(11-20(19)27-2)10-17-4-3-9-26-18(7-8-22)13-28-24-21(17)26/h5-6,10-12,14,18H,3-4,7,9,13H2,1-2H3/b17-10+/t18-/m0/s1. The first-order valence-corrected chi connectivity index (χ1v) is 9.43. The minimum absolute atomic E-state index is 0.0718. The second-order valence-electron chi connectivity index (χ2n) is 7.05. The van der Waals surface area contributed by atoms with Crippen molar-refractivity contribution in [1.82, 2.24) is 14.5 Å². The third kappa shape index (κ3) is 3.46. The van der Waals surface area contributed by atoms with Crippen molar-refractivity contribution in [3.63, 3.8) is 0 Å². The SMILES string of the molecule is COc1cc(/C=C2\CCCN3C2=NOC[C@@H]3CC#N)ccc1-n1cnc(C)c1. The normalized spacial score (nSPS) is 20.2. The molecule has 144 valence electrons. The zero-order chi connectivity index (χ0) is 19.5. The van der Waals surface area contributed by atoms with Gasteiger partial charge in [-0.1, -0.05) is 11.2 Å². The molecule has 0 unspecified atom stereocenters. The van der Waals surface area contributed by atoms with Crippen LogP contribution in [0.2, 0.25) is 0 Å². The number of aryl methyl sites for hydroxylation is 1. The molecule has 7 nitrogen and oxygen atoms in total. The molecule has 0 aliphatic carbocycles. The highest BCUT2D eigenvalue weighted by Crippen LogP contribution is 2.29. The summed E-state index contributed by atoms with van der Waals surface area (Å²) in [5, 5.41) is 13.4. The van der Waals surface area contributed by atoms with E-state index in [1.54, 1.807) is 13.4 Å². The van der Waals surface area contributed by atoms with E-state index in [1.165, 1.54) is 0 Å². The van der Waals surface area contributed by atoms with Crippen LogP contribution in [0.5, 0.6) is 5.75 Å². The maximum atomic E-state index is 9.08. The molecule has 1 aromatic carbocycles. The Kier molecular flexibility index (Phi) is 5.02. The molecule has 1 aromatic heterocycles. The fraction of sp³-hybridized carbons (Fsp3) is 0.381. The van der Waals surface area contributed by atoms with Crippen molar-refractivity contribution in [2.24, 2.45) is 5.16 Å². The van der Waals surface area contributed by atoms with Crippen LogP contribution in [0.15, 0.2) is 41.5 Å². The average Bonchev–Trinajstić information content (AvgIpc) is 3.15. The Morgan fingerprint density at radius 3 is 3.07 bits per heavy atom. The summed E-state index contributed by atoms with van der Waals surface area (Å²) in [7, 11) is 1.67. The van der Waals surface area contributed by atoms with E-state index in [9.17, 15) is 0 Å². The molecule has 2 aliphatic heterocycles. The van der Waals surface area contributed by atoms with Crippen molar-refractivity contribution in [3.05, 3.63) is 47.6 Å². The van der Waals surface area contributed by atoms with E-state index in [1.807, 2.05) is 29.8 Å². The Labute approximate surface area is 164 Å². The van der Waals surface area contributed by atoms with Crippen LogP contribution in [0.4, 0.5) is 0 Å². The minimum Gasteiger partial charge on any atom is -0.495 e. The van der Waals surface area contributed by atoms with E-state index in [0.717, 1.165) is 53.5 Å². The monoisotopic (exact) mass is 377 g/mol. The van der Waals surface area contributed by atoms with Crippen LogP contribution >= 0.6 is 0 Å². The largest absolute Gasteiger partial charge is 0.495 e. The van der Waals surface area contributed by atoms with Gasteiger partial charge in [0, 0.05) is 12.7 Å². The van der Waals surface area contributed by atoms with Crippen LogP contribution in [0.3, 0.4) is 0 Å². The zero-order valence-corrected chi connectivity index (χ0v) is 16.1. The second kappa shape index (κ2) is 7.77. The molecule has 0 N–H and O–H groups in total. The molecular weight excluding hydrogens is 354 g/mol. The molecule has 0 bridgehead atoms. The molecule has 0 radical (unpaired) electrons. The van der Waals surface area contributed by atoms with E-state index >= 15 is 0 Å². The number of piperidine rings is 1. The van der Waals surface area contributed by atoms with Crippen LogP contribution in [0.25, 0.3) is 11.8 Å². The molecule has 0 spiro atoms. The van der Waals surface area contributed by atoms with E-state index in [-0.39, 0.29) is 6.04 Å². The molecule has 3 heterocycles. The third-order valence-corrected chi connectivity index (χ3v) is 5.12. The number of hydrogen-bond acceptors (Lipinski definition) is 6. The number of amidine groups is 1. The maximum absolute atomic E-state index is 9.08. The molecule has 0 saturated carbocycles. The number of fused-ring (bicyclic) bond motifs is 1. The highest BCUT2D eigenvalue weighted by atomic mass is 16.6. The fourth-order valence-corrected chi connectivity index (χ4v) is 3.75. The lowest BCUT2D eigenvalue weighted by atomic mass is 9.97. The molecule has 1 saturated heterocycles. The number of methoxy groups -OCH3 is 1. The first kappa shape index (κ1) is 18.1. The smallest absolute Gasteiger partial charge is 0.171 e. The van der Waals surface area contributed by atoms with Gasteiger partial charge in [0.15, 0.2) is 5.84 Å². The van der Waals surface area contributed by atoms with Gasteiger partial charge >= 0.3 is 0 Å². The summed E-state index contributed by atoms with van der Waals surface area (Å²) in [6.07, 6.45) is 8.30. The Morgan fingerprint density at radius 2 is 2.32 bits per heavy atom. The van der Waals surface area contributed by atoms with Crippen molar-refractivity contribution in [3.8, 4) is 17.5 Å². The predicted octanol–water partition coefficient (Wildman–Crippen LogP) is 3.29. The number of rotatable bonds is 4. The highest BCUT2D eigenvalue weighted by molar-refractivity contribution is 6.02. The first-order valence-electron chi connectivity index (χ1n) is 9.43. The topological polar surface area (TPSA) is 75.7 Å². The molecular formula is C21H23N5O2. The Morgan fingerprint density at radius 1 is 1.43 bits per heavy atom. The van der Waals surface area contributed by atoms with Crippen molar-refractivity contribution in [2.45, 2.75) is 32.2 Å². The van der Waals surface area contributed by atoms with Gasteiger partial charge in [-0.25, -0.2) is 4.98 Å². The van der Waals surface area contributed by atoms with Gasteiger partial charge in [0.25, 0.3) is 0 Å². The van der Waals surface area contributed by atoms with E-state index in [4.69, 9.17) is 14.8 Å². The Hall–Kier alpha value is -3.27. The zero-order valence-electron chi connectivity index (χ0n) is 16.1. The number of oxime groups is 1. The molecule has 2 aromatic rings. The summed E-state index contributed by atoms with van der Waals surface area (Å²) in [5.74, 6) is 1.63. The number of hydrogen-bond donors (Lipinski definition) is 0. The van der Waals surface area contributed by atoms with Gasteiger partial charge in [-0.2, -0.15) is 5.26 Å². The summed E-state index contributed by atoms with van der Waals surface area (Å²) in [4.78, 5) is 11.9. The maximum Gasteiger partial charge on any atom is 0.171 e. The van der Waals surface area contributed by atoms with Gasteiger partial charge in [0.05, 0.1) is 43.4 Å². The third-order valence-electron chi connectivity index (χ3n) is 5.12. The van der Waals surface area contributed by atoms with Crippen LogP contribution in [0.1, 0.15) is 30.5 Å². The van der Waals surface area contributed by atoms with Gasteiger partial charge in [0.1, 0.15) is 12.4 Å². The number of ether oxygens (including phenoxy) is 1. The lowest BCUT2D eigenvalue weighted by Gasteiger charge is -2.39. The quantitative estimate of drug-likeness (QED) is 0.817. The molecule has 28 heavy (non-hydrogen) atoms. The van der Waals surface area contributed by atoms with Crippen molar-refractivity contribution >= 4 is 11.9 Å². The van der Waals surface area contributed by atoms with Crippen LogP contribution in [0, 0.1) is 18.3 Å². The van der Waals surface area contributed by atoms with Gasteiger partial charge in [-0.15, -0.1) is 0 Å². The minimum atomic E-state index is 0.0718. The molecule has 2 aliphatic rings. The van der Waals surface area contributed by atoms with E-state index in [0.29, 0.717) is 13.0 Å². The molecule has 1 fully saturated rings. The van der Waals surface area contributed by atoms with E-state index in [2.05, 4.69) is 33.3 Å². The second-order valence-corrected chi connectivity index (χ2v) is 7.05. The van der Waals surface area contributed by atoms with Crippen molar-refractivity contribution < 1.29 is 9.57 Å².